The molecule has 0 spiro atoms. The fraction of sp³-hybridized carbons (Fsp3) is 1.00. The number of nitrogens with one attached hydrogen (secondary N) is 1. The first kappa shape index (κ1) is 14.3. The third-order valence-electron chi connectivity index (χ3n) is 4.85. The van der Waals surface area contributed by atoms with Gasteiger partial charge in [0, 0.05) is 12.1 Å². The van der Waals surface area contributed by atoms with Gasteiger partial charge in [-0.2, -0.15) is 0 Å². The second-order valence-electron chi connectivity index (χ2n) is 6.38. The molecule has 106 valence electrons. The summed E-state index contributed by atoms with van der Waals surface area (Å²) in [4.78, 5) is 2.69. The molecular formula is C16H32N2. The standard InChI is InChI=1S/C16H32N2/c1-15-9-6-7-13-18(15)14-8-12-17-16-10-4-2-3-5-11-16/h15-17H,2-14H2,1H3/t15-/m1/s1. The smallest absolute Gasteiger partial charge is 0.00670 e. The van der Waals surface area contributed by atoms with Gasteiger partial charge in [-0.25, -0.2) is 0 Å². The van der Waals surface area contributed by atoms with Crippen LogP contribution >= 0.6 is 0 Å². The van der Waals surface area contributed by atoms with Crippen LogP contribution in [0.3, 0.4) is 0 Å². The molecule has 2 heteroatoms. The van der Waals surface area contributed by atoms with E-state index in [-0.39, 0.29) is 0 Å². The normalized spacial score (nSPS) is 28.2. The predicted octanol–water partition coefficient (Wildman–Crippen LogP) is 3.56. The number of rotatable bonds is 5. The molecule has 0 radical (unpaired) electrons. The molecule has 1 saturated heterocycles. The zero-order chi connectivity index (χ0) is 12.6. The highest BCUT2D eigenvalue weighted by molar-refractivity contribution is 4.74. The molecule has 18 heavy (non-hydrogen) atoms. The van der Waals surface area contributed by atoms with E-state index in [1.165, 1.54) is 83.8 Å². The van der Waals surface area contributed by atoms with E-state index in [1.807, 2.05) is 0 Å². The zero-order valence-electron chi connectivity index (χ0n) is 12.3. The summed E-state index contributed by atoms with van der Waals surface area (Å²) >= 11 is 0. The van der Waals surface area contributed by atoms with E-state index < -0.39 is 0 Å². The molecule has 2 nitrogen and oxygen atoms in total. The van der Waals surface area contributed by atoms with Crippen LogP contribution in [0, 0.1) is 0 Å². The van der Waals surface area contributed by atoms with Gasteiger partial charge >= 0.3 is 0 Å². The van der Waals surface area contributed by atoms with Crippen LogP contribution in [0.2, 0.25) is 0 Å². The molecule has 0 amide bonds. The van der Waals surface area contributed by atoms with Crippen molar-refractivity contribution < 1.29 is 0 Å². The molecule has 1 heterocycles. The van der Waals surface area contributed by atoms with Crippen LogP contribution in [0.15, 0.2) is 0 Å². The Morgan fingerprint density at radius 2 is 1.67 bits per heavy atom. The highest BCUT2D eigenvalue weighted by atomic mass is 15.2. The first-order chi connectivity index (χ1) is 8.86. The molecule has 1 saturated carbocycles. The lowest BCUT2D eigenvalue weighted by Crippen LogP contribution is -2.39. The van der Waals surface area contributed by atoms with Crippen LogP contribution in [0.4, 0.5) is 0 Å². The van der Waals surface area contributed by atoms with Gasteiger partial charge in [0.1, 0.15) is 0 Å². The number of piperidine rings is 1. The first-order valence-electron chi connectivity index (χ1n) is 8.33. The van der Waals surface area contributed by atoms with Gasteiger partial charge in [0.2, 0.25) is 0 Å². The number of nitrogens with zero attached hydrogens (tertiary/aromatic N) is 1. The highest BCUT2D eigenvalue weighted by Gasteiger charge is 2.17. The van der Waals surface area contributed by atoms with Gasteiger partial charge in [-0.05, 0) is 58.7 Å². The summed E-state index contributed by atoms with van der Waals surface area (Å²) < 4.78 is 0. The Kier molecular flexibility index (Phi) is 6.50. The lowest BCUT2D eigenvalue weighted by molar-refractivity contribution is 0.158. The van der Waals surface area contributed by atoms with Crippen LogP contribution in [-0.2, 0) is 0 Å². The third kappa shape index (κ3) is 4.89. The summed E-state index contributed by atoms with van der Waals surface area (Å²) in [5, 5.41) is 3.79. The largest absolute Gasteiger partial charge is 0.314 e. The molecule has 1 aliphatic heterocycles. The summed E-state index contributed by atoms with van der Waals surface area (Å²) in [6.45, 7) is 6.28. The monoisotopic (exact) mass is 252 g/mol. The predicted molar refractivity (Wildman–Crippen MR) is 79.0 cm³/mol. The van der Waals surface area contributed by atoms with E-state index in [1.54, 1.807) is 0 Å². The molecule has 0 aromatic rings. The highest BCUT2D eigenvalue weighted by Crippen LogP contribution is 2.18. The van der Waals surface area contributed by atoms with Crippen LogP contribution in [0.5, 0.6) is 0 Å². The van der Waals surface area contributed by atoms with Crippen LogP contribution < -0.4 is 5.32 Å². The van der Waals surface area contributed by atoms with Crippen LogP contribution in [-0.4, -0.2) is 36.6 Å². The minimum absolute atomic E-state index is 0.825. The number of hydrogen-bond acceptors (Lipinski definition) is 2. The van der Waals surface area contributed by atoms with Crippen molar-refractivity contribution in [3.63, 3.8) is 0 Å². The molecule has 2 rings (SSSR count). The average Bonchev–Trinajstić information content (AvgIpc) is 2.65. The van der Waals surface area contributed by atoms with Crippen molar-refractivity contribution in [2.75, 3.05) is 19.6 Å². The van der Waals surface area contributed by atoms with E-state index in [9.17, 15) is 0 Å². The summed E-state index contributed by atoms with van der Waals surface area (Å²) in [6.07, 6.45) is 14.3. The minimum Gasteiger partial charge on any atom is -0.314 e. The molecule has 2 fully saturated rings. The maximum Gasteiger partial charge on any atom is 0.00670 e. The van der Waals surface area contributed by atoms with E-state index >= 15 is 0 Å². The summed E-state index contributed by atoms with van der Waals surface area (Å²) in [7, 11) is 0. The molecule has 0 aromatic carbocycles. The molecule has 1 atom stereocenters. The summed E-state index contributed by atoms with van der Waals surface area (Å²) in [5.74, 6) is 0. The minimum atomic E-state index is 0.825. The van der Waals surface area contributed by atoms with Crippen molar-refractivity contribution in [2.24, 2.45) is 0 Å². The Labute approximate surface area is 114 Å². The first-order valence-corrected chi connectivity index (χ1v) is 8.33. The fourth-order valence-electron chi connectivity index (χ4n) is 3.56. The van der Waals surface area contributed by atoms with Crippen molar-refractivity contribution >= 4 is 0 Å². The van der Waals surface area contributed by atoms with E-state index in [2.05, 4.69) is 17.1 Å². The fourth-order valence-corrected chi connectivity index (χ4v) is 3.56. The molecule has 0 bridgehead atoms. The van der Waals surface area contributed by atoms with Crippen molar-refractivity contribution in [3.8, 4) is 0 Å². The van der Waals surface area contributed by atoms with Gasteiger partial charge in [0.25, 0.3) is 0 Å². The molecular weight excluding hydrogens is 220 g/mol. The van der Waals surface area contributed by atoms with Gasteiger partial charge in [-0.3, -0.25) is 0 Å². The second kappa shape index (κ2) is 8.16. The maximum absolute atomic E-state index is 3.79. The van der Waals surface area contributed by atoms with Gasteiger partial charge in [0.15, 0.2) is 0 Å². The average molecular weight is 252 g/mol. The van der Waals surface area contributed by atoms with Gasteiger partial charge in [-0.1, -0.05) is 32.1 Å². The Bertz CT molecular complexity index is 209. The van der Waals surface area contributed by atoms with Gasteiger partial charge in [0.05, 0.1) is 0 Å². The molecule has 0 unspecified atom stereocenters. The molecule has 1 N–H and O–H groups in total. The van der Waals surface area contributed by atoms with Gasteiger partial charge in [-0.15, -0.1) is 0 Å². The molecule has 0 aromatic heterocycles. The lowest BCUT2D eigenvalue weighted by Gasteiger charge is -2.33. The molecule has 1 aliphatic carbocycles. The third-order valence-corrected chi connectivity index (χ3v) is 4.85. The van der Waals surface area contributed by atoms with Gasteiger partial charge < -0.3 is 10.2 Å². The summed E-state index contributed by atoms with van der Waals surface area (Å²) in [6, 6.07) is 1.66. The van der Waals surface area contributed by atoms with Crippen molar-refractivity contribution in [1.29, 1.82) is 0 Å². The van der Waals surface area contributed by atoms with Crippen molar-refractivity contribution in [2.45, 2.75) is 83.2 Å². The Morgan fingerprint density at radius 1 is 0.944 bits per heavy atom. The second-order valence-corrected chi connectivity index (χ2v) is 6.38. The van der Waals surface area contributed by atoms with Crippen molar-refractivity contribution in [1.82, 2.24) is 10.2 Å². The van der Waals surface area contributed by atoms with Crippen molar-refractivity contribution in [3.05, 3.63) is 0 Å². The topological polar surface area (TPSA) is 15.3 Å². The lowest BCUT2D eigenvalue weighted by atomic mass is 10.0. The zero-order valence-corrected chi connectivity index (χ0v) is 12.3. The summed E-state index contributed by atoms with van der Waals surface area (Å²) in [5.41, 5.74) is 0. The van der Waals surface area contributed by atoms with E-state index in [4.69, 9.17) is 0 Å². The number of likely N-dealkylation sites (tertiary alicyclic amines) is 1. The van der Waals surface area contributed by atoms with Crippen LogP contribution in [0.1, 0.15) is 71.1 Å². The van der Waals surface area contributed by atoms with E-state index in [0.29, 0.717) is 0 Å². The Morgan fingerprint density at radius 3 is 2.39 bits per heavy atom. The number of hydrogen-bond donors (Lipinski definition) is 1. The SMILES string of the molecule is C[C@@H]1CCCCN1CCCNC1CCCCCC1. The maximum atomic E-state index is 3.79. The quantitative estimate of drug-likeness (QED) is 0.594. The molecule has 2 aliphatic rings. The van der Waals surface area contributed by atoms with E-state index in [0.717, 1.165) is 12.1 Å². The Hall–Kier alpha value is -0.0800. The van der Waals surface area contributed by atoms with Crippen LogP contribution in [0.25, 0.3) is 0 Å². The Balaban J connectivity index is 1.54.